The third-order valence-electron chi connectivity index (χ3n) is 5.70. The highest BCUT2D eigenvalue weighted by Gasteiger charge is 2.44. The van der Waals surface area contributed by atoms with Crippen LogP contribution in [0.5, 0.6) is 0 Å². The lowest BCUT2D eigenvalue weighted by Gasteiger charge is -2.40. The van der Waals surface area contributed by atoms with Crippen molar-refractivity contribution in [1.82, 2.24) is 4.31 Å². The highest BCUT2D eigenvalue weighted by atomic mass is 35.5. The number of benzene rings is 3. The zero-order chi connectivity index (χ0) is 23.8. The molecule has 0 aliphatic carbocycles. The fraction of sp³-hybridized carbons (Fsp3) is 0.160. The molecule has 0 saturated carbocycles. The van der Waals surface area contributed by atoms with Gasteiger partial charge in [-0.15, -0.1) is 0 Å². The van der Waals surface area contributed by atoms with Crippen LogP contribution in [0.2, 0.25) is 10.0 Å². The van der Waals surface area contributed by atoms with Gasteiger partial charge in [0.05, 0.1) is 32.6 Å². The van der Waals surface area contributed by atoms with Crippen molar-refractivity contribution < 1.29 is 18.3 Å². The minimum atomic E-state index is -4.11. The van der Waals surface area contributed by atoms with Gasteiger partial charge in [0.2, 0.25) is 10.0 Å². The molecular weight excluding hydrogens is 481 g/mol. The Bertz CT molecular complexity index is 1320. The maximum Gasteiger partial charge on any atom is 0.333 e. The Balaban J connectivity index is 1.97. The summed E-state index contributed by atoms with van der Waals surface area (Å²) in [6.07, 6.45) is 1.77. The van der Waals surface area contributed by atoms with Gasteiger partial charge in [-0.25, -0.2) is 13.2 Å². The molecule has 1 N–H and O–H groups in total. The van der Waals surface area contributed by atoms with Crippen molar-refractivity contribution in [3.63, 3.8) is 0 Å². The number of aryl methyl sites for hydroxylation is 1. The standard InChI is InChI=1S/C25H21Cl2NO4S/c1-16-7-10-19(11-8-16)33(31,32)28-23(18-9-13-21(26)22(27)15-18)14-12-20(25(29)30)24(28)17-5-3-2-4-6-17/h2-13,15,23-24H,14H2,1H3,(H,29,30)/t23-,24-/m0/s1. The average Bonchev–Trinajstić information content (AvgIpc) is 2.80. The second-order valence-electron chi connectivity index (χ2n) is 7.85. The predicted molar refractivity (Wildman–Crippen MR) is 129 cm³/mol. The fourth-order valence-electron chi connectivity index (χ4n) is 4.08. The maximum absolute atomic E-state index is 14.0. The molecule has 1 heterocycles. The molecule has 0 saturated heterocycles. The molecule has 4 rings (SSSR count). The Labute approximate surface area is 202 Å². The van der Waals surface area contributed by atoms with Gasteiger partial charge in [0.15, 0.2) is 0 Å². The van der Waals surface area contributed by atoms with E-state index in [0.717, 1.165) is 5.56 Å². The third-order valence-corrected chi connectivity index (χ3v) is 8.33. The van der Waals surface area contributed by atoms with Crippen LogP contribution in [0.25, 0.3) is 0 Å². The molecular formula is C25H21Cl2NO4S. The molecule has 0 spiro atoms. The van der Waals surface area contributed by atoms with Crippen molar-refractivity contribution in [2.45, 2.75) is 30.3 Å². The first kappa shape index (κ1) is 23.5. The first-order valence-corrected chi connectivity index (χ1v) is 12.4. The molecule has 0 aromatic heterocycles. The summed E-state index contributed by atoms with van der Waals surface area (Å²) in [5, 5.41) is 10.6. The zero-order valence-electron chi connectivity index (χ0n) is 17.7. The summed E-state index contributed by atoms with van der Waals surface area (Å²) in [5.41, 5.74) is 2.11. The van der Waals surface area contributed by atoms with E-state index >= 15 is 0 Å². The zero-order valence-corrected chi connectivity index (χ0v) is 20.0. The van der Waals surface area contributed by atoms with Crippen molar-refractivity contribution in [2.24, 2.45) is 0 Å². The average molecular weight is 502 g/mol. The second-order valence-corrected chi connectivity index (χ2v) is 10.5. The molecule has 8 heteroatoms. The highest BCUT2D eigenvalue weighted by molar-refractivity contribution is 7.89. The molecule has 2 atom stereocenters. The normalized spacial score (nSPS) is 19.2. The van der Waals surface area contributed by atoms with Gasteiger partial charge in [0.1, 0.15) is 0 Å². The summed E-state index contributed by atoms with van der Waals surface area (Å²) < 4.78 is 29.4. The number of hydrogen-bond donors (Lipinski definition) is 1. The highest BCUT2D eigenvalue weighted by Crippen LogP contribution is 2.46. The Morgan fingerprint density at radius 3 is 2.21 bits per heavy atom. The monoisotopic (exact) mass is 501 g/mol. The molecule has 0 fully saturated rings. The number of sulfonamides is 1. The van der Waals surface area contributed by atoms with Crippen LogP contribution in [0.15, 0.2) is 89.3 Å². The number of carboxylic acids is 1. The summed E-state index contributed by atoms with van der Waals surface area (Å²) in [6.45, 7) is 1.87. The number of nitrogens with zero attached hydrogens (tertiary/aromatic N) is 1. The number of carbonyl (C=O) groups is 1. The van der Waals surface area contributed by atoms with E-state index in [1.165, 1.54) is 16.4 Å². The van der Waals surface area contributed by atoms with E-state index < -0.39 is 28.1 Å². The van der Waals surface area contributed by atoms with Crippen molar-refractivity contribution in [3.8, 4) is 0 Å². The summed E-state index contributed by atoms with van der Waals surface area (Å²) in [6, 6.07) is 18.6. The first-order valence-electron chi connectivity index (χ1n) is 10.2. The van der Waals surface area contributed by atoms with Crippen molar-refractivity contribution in [1.29, 1.82) is 0 Å². The van der Waals surface area contributed by atoms with Crippen LogP contribution in [0.4, 0.5) is 0 Å². The van der Waals surface area contributed by atoms with Gasteiger partial charge in [0, 0.05) is 0 Å². The minimum Gasteiger partial charge on any atom is -0.478 e. The minimum absolute atomic E-state index is 0.00759. The molecule has 1 aliphatic heterocycles. The topological polar surface area (TPSA) is 74.7 Å². The summed E-state index contributed by atoms with van der Waals surface area (Å²) in [4.78, 5) is 12.3. The van der Waals surface area contributed by atoms with E-state index in [0.29, 0.717) is 21.2 Å². The first-order chi connectivity index (χ1) is 15.7. The van der Waals surface area contributed by atoms with Crippen molar-refractivity contribution >= 4 is 39.2 Å². The summed E-state index contributed by atoms with van der Waals surface area (Å²) in [7, 11) is -4.11. The van der Waals surface area contributed by atoms with Crippen LogP contribution in [0.3, 0.4) is 0 Å². The van der Waals surface area contributed by atoms with Crippen LogP contribution >= 0.6 is 23.2 Å². The van der Waals surface area contributed by atoms with Gasteiger partial charge in [0.25, 0.3) is 0 Å². The van der Waals surface area contributed by atoms with E-state index in [-0.39, 0.29) is 16.9 Å². The molecule has 0 radical (unpaired) electrons. The van der Waals surface area contributed by atoms with Crippen LogP contribution in [-0.4, -0.2) is 23.8 Å². The van der Waals surface area contributed by atoms with Gasteiger partial charge >= 0.3 is 5.97 Å². The lowest BCUT2D eigenvalue weighted by Crippen LogP contribution is -2.42. The molecule has 0 bridgehead atoms. The summed E-state index contributed by atoms with van der Waals surface area (Å²) in [5.74, 6) is -1.17. The fourth-order valence-corrected chi connectivity index (χ4v) is 6.16. The Hall–Kier alpha value is -2.64. The van der Waals surface area contributed by atoms with Gasteiger partial charge in [-0.2, -0.15) is 4.31 Å². The Kier molecular flexibility index (Phi) is 6.64. The second kappa shape index (κ2) is 9.31. The molecule has 33 heavy (non-hydrogen) atoms. The summed E-state index contributed by atoms with van der Waals surface area (Å²) >= 11 is 12.3. The quantitative estimate of drug-likeness (QED) is 0.452. The lowest BCUT2D eigenvalue weighted by atomic mass is 9.89. The maximum atomic E-state index is 14.0. The SMILES string of the molecule is Cc1ccc(S(=O)(=O)N2[C@@H](c3ccccc3)C(C(=O)O)=CC[C@H]2c2ccc(Cl)c(Cl)c2)cc1. The number of rotatable bonds is 5. The van der Waals surface area contributed by atoms with E-state index in [9.17, 15) is 18.3 Å². The van der Waals surface area contributed by atoms with Gasteiger partial charge in [-0.05, 0) is 48.7 Å². The molecule has 0 amide bonds. The molecule has 1 aliphatic rings. The van der Waals surface area contributed by atoms with Crippen LogP contribution < -0.4 is 0 Å². The Morgan fingerprint density at radius 1 is 0.939 bits per heavy atom. The third kappa shape index (κ3) is 4.57. The van der Waals surface area contributed by atoms with E-state index in [4.69, 9.17) is 23.2 Å². The number of hydrogen-bond acceptors (Lipinski definition) is 3. The molecule has 170 valence electrons. The molecule has 3 aromatic carbocycles. The Morgan fingerprint density at radius 2 is 1.61 bits per heavy atom. The van der Waals surface area contributed by atoms with Gasteiger partial charge in [-0.3, -0.25) is 0 Å². The molecule has 5 nitrogen and oxygen atoms in total. The van der Waals surface area contributed by atoms with Crippen molar-refractivity contribution in [2.75, 3.05) is 0 Å². The van der Waals surface area contributed by atoms with E-state index in [1.807, 2.05) is 6.92 Å². The van der Waals surface area contributed by atoms with Gasteiger partial charge < -0.3 is 5.11 Å². The number of aliphatic carboxylic acids is 1. The smallest absolute Gasteiger partial charge is 0.333 e. The largest absolute Gasteiger partial charge is 0.478 e. The predicted octanol–water partition coefficient (Wildman–Crippen LogP) is 6.19. The lowest BCUT2D eigenvalue weighted by molar-refractivity contribution is -0.133. The van der Waals surface area contributed by atoms with Gasteiger partial charge in [-0.1, -0.05) is 83.4 Å². The van der Waals surface area contributed by atoms with Crippen LogP contribution in [-0.2, 0) is 14.8 Å². The van der Waals surface area contributed by atoms with Crippen molar-refractivity contribution in [3.05, 3.63) is 111 Å². The molecule has 0 unspecified atom stereocenters. The van der Waals surface area contributed by atoms with E-state index in [1.54, 1.807) is 66.7 Å². The number of carboxylic acid groups (broad SMARTS) is 1. The molecule has 3 aromatic rings. The van der Waals surface area contributed by atoms with Crippen LogP contribution in [0.1, 0.15) is 35.2 Å². The number of halogens is 2. The van der Waals surface area contributed by atoms with E-state index in [2.05, 4.69) is 0 Å². The van der Waals surface area contributed by atoms with Crippen LogP contribution in [0, 0.1) is 6.92 Å².